The lowest BCUT2D eigenvalue weighted by atomic mass is 9.94. The Labute approximate surface area is 141 Å². The predicted molar refractivity (Wildman–Crippen MR) is 89.1 cm³/mol. The van der Waals surface area contributed by atoms with Crippen molar-refractivity contribution in [2.45, 2.75) is 51.2 Å². The Balaban J connectivity index is 1.84. The molecule has 126 valence electrons. The number of phenols is 2. The third kappa shape index (κ3) is 3.51. The number of hydrogen-bond acceptors (Lipinski definition) is 5. The zero-order chi connectivity index (χ0) is 16.4. The van der Waals surface area contributed by atoms with E-state index in [4.69, 9.17) is 16.4 Å². The van der Waals surface area contributed by atoms with Crippen molar-refractivity contribution < 1.29 is 15.1 Å². The molecule has 1 aromatic rings. The van der Waals surface area contributed by atoms with Crippen LogP contribution in [0.4, 0.5) is 0 Å². The highest BCUT2D eigenvalue weighted by Gasteiger charge is 2.31. The monoisotopic (exact) mass is 338 g/mol. The van der Waals surface area contributed by atoms with Gasteiger partial charge < -0.3 is 15.5 Å². The minimum Gasteiger partial charge on any atom is -0.507 e. The lowest BCUT2D eigenvalue weighted by molar-refractivity contribution is -0.131. The smallest absolute Gasteiger partial charge is 0.155 e. The molecule has 1 aromatic carbocycles. The normalized spacial score (nSPS) is 22.3. The molecule has 6 heteroatoms. The van der Waals surface area contributed by atoms with Gasteiger partial charge in [0.1, 0.15) is 11.5 Å². The lowest BCUT2D eigenvalue weighted by Crippen LogP contribution is -2.31. The summed E-state index contributed by atoms with van der Waals surface area (Å²) in [5, 5.41) is 25.3. The molecule has 3 rings (SSSR count). The largest absolute Gasteiger partial charge is 0.507 e. The Hall–Kier alpha value is -1.59. The number of aromatic hydroxyl groups is 2. The Kier molecular flexibility index (Phi) is 4.87. The predicted octanol–water partition coefficient (Wildman–Crippen LogP) is 3.82. The summed E-state index contributed by atoms with van der Waals surface area (Å²) < 4.78 is 0. The molecule has 2 aliphatic rings. The molecule has 0 bridgehead atoms. The minimum absolute atomic E-state index is 0.0220. The van der Waals surface area contributed by atoms with Crippen molar-refractivity contribution in [1.29, 1.82) is 0 Å². The number of rotatable bonds is 4. The van der Waals surface area contributed by atoms with Crippen molar-refractivity contribution in [3.8, 4) is 11.5 Å². The molecule has 0 radical (unpaired) electrons. The number of benzene rings is 1. The van der Waals surface area contributed by atoms with Gasteiger partial charge in [-0.15, -0.1) is 0 Å². The topological polar surface area (TPSA) is 65.0 Å². The summed E-state index contributed by atoms with van der Waals surface area (Å²) in [6, 6.07) is 3.26. The Morgan fingerprint density at radius 2 is 1.96 bits per heavy atom. The molecule has 5 nitrogen and oxygen atoms in total. The molecule has 1 aliphatic carbocycles. The highest BCUT2D eigenvalue weighted by molar-refractivity contribution is 6.32. The van der Waals surface area contributed by atoms with Crippen molar-refractivity contribution in [3.63, 3.8) is 0 Å². The molecule has 23 heavy (non-hydrogen) atoms. The highest BCUT2D eigenvalue weighted by Crippen LogP contribution is 2.41. The van der Waals surface area contributed by atoms with Crippen LogP contribution in [0.2, 0.25) is 5.02 Å². The first-order chi connectivity index (χ1) is 11.1. The van der Waals surface area contributed by atoms with Gasteiger partial charge in [-0.2, -0.15) is 0 Å². The molecule has 0 aromatic heterocycles. The first-order valence-electron chi connectivity index (χ1n) is 8.21. The van der Waals surface area contributed by atoms with Crippen LogP contribution >= 0.6 is 11.6 Å². The lowest BCUT2D eigenvalue weighted by Gasteiger charge is -2.26. The maximum absolute atomic E-state index is 10.2. The van der Waals surface area contributed by atoms with Crippen LogP contribution in [0, 0.1) is 0 Å². The number of hydroxylamine groups is 2. The molecule has 1 unspecified atom stereocenters. The maximum Gasteiger partial charge on any atom is 0.155 e. The molecule has 0 amide bonds. The molecular weight excluding hydrogens is 316 g/mol. The fraction of sp³-hybridized carbons (Fsp3) is 0.529. The molecule has 1 fully saturated rings. The summed E-state index contributed by atoms with van der Waals surface area (Å²) in [7, 11) is 0. The van der Waals surface area contributed by atoms with E-state index in [1.165, 1.54) is 25.3 Å². The number of nitrogens with one attached hydrogen (secondary N) is 1. The Bertz CT molecular complexity index is 600. The van der Waals surface area contributed by atoms with Gasteiger partial charge in [-0.25, -0.2) is 0 Å². The van der Waals surface area contributed by atoms with Crippen molar-refractivity contribution in [2.24, 2.45) is 0 Å². The third-order valence-electron chi connectivity index (χ3n) is 4.47. The number of nitrogens with zero attached hydrogens (tertiary/aromatic N) is 1. The number of hydrogen-bond donors (Lipinski definition) is 3. The second-order valence-corrected chi connectivity index (χ2v) is 6.55. The van der Waals surface area contributed by atoms with Crippen LogP contribution in [-0.4, -0.2) is 27.9 Å². The molecule has 0 spiro atoms. The average molecular weight is 339 g/mol. The van der Waals surface area contributed by atoms with Gasteiger partial charge in [0.15, 0.2) is 6.10 Å². The zero-order valence-electron chi connectivity index (χ0n) is 13.3. The van der Waals surface area contributed by atoms with Crippen LogP contribution in [0.3, 0.4) is 0 Å². The van der Waals surface area contributed by atoms with Crippen molar-refractivity contribution in [3.05, 3.63) is 34.6 Å². The molecule has 1 saturated carbocycles. The quantitative estimate of drug-likeness (QED) is 0.778. The van der Waals surface area contributed by atoms with Crippen LogP contribution in [0.1, 0.15) is 50.7 Å². The van der Waals surface area contributed by atoms with E-state index in [1.54, 1.807) is 11.1 Å². The van der Waals surface area contributed by atoms with E-state index in [1.807, 2.05) is 13.1 Å². The van der Waals surface area contributed by atoms with E-state index in [9.17, 15) is 10.2 Å². The Morgan fingerprint density at radius 3 is 2.65 bits per heavy atom. The van der Waals surface area contributed by atoms with Gasteiger partial charge in [-0.1, -0.05) is 30.9 Å². The second kappa shape index (κ2) is 6.89. The summed E-state index contributed by atoms with van der Waals surface area (Å²) in [5.74, 6) is -0.157. The number of phenolic OH excluding ortho intramolecular Hbond substituents is 2. The summed E-state index contributed by atoms with van der Waals surface area (Å²) >= 11 is 6.00. The molecular formula is C17H23ClN2O3. The summed E-state index contributed by atoms with van der Waals surface area (Å²) in [5.41, 5.74) is 1.48. The first-order valence-corrected chi connectivity index (χ1v) is 8.59. The van der Waals surface area contributed by atoms with Crippen LogP contribution < -0.4 is 5.32 Å². The Morgan fingerprint density at radius 1 is 1.22 bits per heavy atom. The number of halogens is 1. The molecule has 1 heterocycles. The fourth-order valence-corrected chi connectivity index (χ4v) is 3.38. The van der Waals surface area contributed by atoms with Gasteiger partial charge >= 0.3 is 0 Å². The van der Waals surface area contributed by atoms with Gasteiger partial charge in [0, 0.05) is 30.4 Å². The first kappa shape index (κ1) is 16.3. The standard InChI is InChI=1S/C17H23ClN2O3/c1-2-20-10-14(19-11-6-4-3-5-7-11)17(23-20)12-8-13(18)16(22)9-15(12)21/h8-11,17,19,21-22H,2-7H2,1H3. The molecule has 0 saturated heterocycles. The third-order valence-corrected chi connectivity index (χ3v) is 4.78. The zero-order valence-corrected chi connectivity index (χ0v) is 14.0. The second-order valence-electron chi connectivity index (χ2n) is 6.14. The van der Waals surface area contributed by atoms with E-state index in [0.29, 0.717) is 18.2 Å². The van der Waals surface area contributed by atoms with Gasteiger partial charge in [0.25, 0.3) is 0 Å². The van der Waals surface area contributed by atoms with E-state index < -0.39 is 6.10 Å². The van der Waals surface area contributed by atoms with Crippen LogP contribution in [0.5, 0.6) is 11.5 Å². The SMILES string of the molecule is CCN1C=C(NC2CCCCC2)C(c2cc(Cl)c(O)cc2O)O1. The average Bonchev–Trinajstić information content (AvgIpc) is 2.95. The molecule has 3 N–H and O–H groups in total. The van der Waals surface area contributed by atoms with Crippen molar-refractivity contribution in [2.75, 3.05) is 6.54 Å². The summed E-state index contributed by atoms with van der Waals surface area (Å²) in [4.78, 5) is 5.90. The van der Waals surface area contributed by atoms with E-state index >= 15 is 0 Å². The van der Waals surface area contributed by atoms with Crippen LogP contribution in [0.15, 0.2) is 24.0 Å². The van der Waals surface area contributed by atoms with Gasteiger partial charge in [0.2, 0.25) is 0 Å². The van der Waals surface area contributed by atoms with Crippen molar-refractivity contribution in [1.82, 2.24) is 10.4 Å². The summed E-state index contributed by atoms with van der Waals surface area (Å²) in [6.45, 7) is 2.71. The van der Waals surface area contributed by atoms with Crippen LogP contribution in [-0.2, 0) is 4.84 Å². The van der Waals surface area contributed by atoms with Crippen LogP contribution in [0.25, 0.3) is 0 Å². The fourth-order valence-electron chi connectivity index (χ4n) is 3.21. The maximum atomic E-state index is 10.2. The van der Waals surface area contributed by atoms with Gasteiger partial charge in [-0.05, 0) is 25.8 Å². The van der Waals surface area contributed by atoms with Gasteiger partial charge in [-0.3, -0.25) is 9.90 Å². The molecule has 1 atom stereocenters. The minimum atomic E-state index is -0.435. The van der Waals surface area contributed by atoms with E-state index in [0.717, 1.165) is 18.5 Å². The van der Waals surface area contributed by atoms with Crippen molar-refractivity contribution >= 4 is 11.6 Å². The molecule has 1 aliphatic heterocycles. The van der Waals surface area contributed by atoms with E-state index in [-0.39, 0.29) is 16.5 Å². The highest BCUT2D eigenvalue weighted by atomic mass is 35.5. The van der Waals surface area contributed by atoms with E-state index in [2.05, 4.69) is 5.32 Å². The van der Waals surface area contributed by atoms with Gasteiger partial charge in [0.05, 0.1) is 10.7 Å². The summed E-state index contributed by atoms with van der Waals surface area (Å²) in [6.07, 6.45) is 7.59.